The highest BCUT2D eigenvalue weighted by Gasteiger charge is 2.26. The SMILES string of the molecule is C=CCCCN(C)C(=O)C1CNc2ccccc2C1. The number of carbonyl (C=O) groups is 1. The van der Waals surface area contributed by atoms with E-state index in [1.54, 1.807) is 0 Å². The molecule has 0 aliphatic carbocycles. The second-order valence-electron chi connectivity index (χ2n) is 5.13. The van der Waals surface area contributed by atoms with Gasteiger partial charge in [-0.05, 0) is 30.9 Å². The summed E-state index contributed by atoms with van der Waals surface area (Å²) in [4.78, 5) is 14.2. The quantitative estimate of drug-likeness (QED) is 0.650. The molecule has 102 valence electrons. The first-order valence-electron chi connectivity index (χ1n) is 6.90. The van der Waals surface area contributed by atoms with Gasteiger partial charge >= 0.3 is 0 Å². The van der Waals surface area contributed by atoms with Crippen LogP contribution in [0, 0.1) is 5.92 Å². The molecule has 0 fully saturated rings. The molecule has 1 aromatic rings. The number of unbranched alkanes of at least 4 members (excludes halogenated alkanes) is 1. The Bertz CT molecular complexity index is 456. The summed E-state index contributed by atoms with van der Waals surface area (Å²) in [6, 6.07) is 8.22. The number of amides is 1. The molecule has 19 heavy (non-hydrogen) atoms. The molecule has 1 aliphatic rings. The van der Waals surface area contributed by atoms with Gasteiger partial charge in [0.15, 0.2) is 0 Å². The van der Waals surface area contributed by atoms with Crippen LogP contribution in [0.3, 0.4) is 0 Å². The summed E-state index contributed by atoms with van der Waals surface area (Å²) >= 11 is 0. The highest BCUT2D eigenvalue weighted by Crippen LogP contribution is 2.25. The Hall–Kier alpha value is -1.77. The van der Waals surface area contributed by atoms with Gasteiger partial charge in [-0.2, -0.15) is 0 Å². The average Bonchev–Trinajstić information content (AvgIpc) is 2.46. The molecular formula is C16H22N2O. The first kappa shape index (κ1) is 13.7. The van der Waals surface area contributed by atoms with E-state index in [0.717, 1.165) is 32.4 Å². The lowest BCUT2D eigenvalue weighted by atomic mass is 9.93. The van der Waals surface area contributed by atoms with Crippen molar-refractivity contribution in [1.29, 1.82) is 0 Å². The van der Waals surface area contributed by atoms with E-state index in [-0.39, 0.29) is 11.8 Å². The van der Waals surface area contributed by atoms with Crippen molar-refractivity contribution in [2.75, 3.05) is 25.5 Å². The lowest BCUT2D eigenvalue weighted by Crippen LogP contribution is -2.39. The fraction of sp³-hybridized carbons (Fsp3) is 0.438. The zero-order valence-electron chi connectivity index (χ0n) is 11.6. The zero-order chi connectivity index (χ0) is 13.7. The predicted octanol–water partition coefficient (Wildman–Crippen LogP) is 2.70. The van der Waals surface area contributed by atoms with Gasteiger partial charge in [0.1, 0.15) is 0 Å². The number of anilines is 1. The van der Waals surface area contributed by atoms with Gasteiger partial charge in [0, 0.05) is 25.8 Å². The summed E-state index contributed by atoms with van der Waals surface area (Å²) in [7, 11) is 1.89. The van der Waals surface area contributed by atoms with Crippen LogP contribution in [-0.4, -0.2) is 30.9 Å². The standard InChI is InChI=1S/C16H22N2O/c1-3-4-7-10-18(2)16(19)14-11-13-8-5-6-9-15(13)17-12-14/h3,5-6,8-9,14,17H,1,4,7,10-12H2,2H3. The van der Waals surface area contributed by atoms with E-state index in [1.165, 1.54) is 11.3 Å². The molecule has 0 saturated heterocycles. The smallest absolute Gasteiger partial charge is 0.227 e. The Morgan fingerprint density at radius 2 is 2.32 bits per heavy atom. The van der Waals surface area contributed by atoms with Crippen LogP contribution in [0.1, 0.15) is 18.4 Å². The number of allylic oxidation sites excluding steroid dienone is 1. The highest BCUT2D eigenvalue weighted by atomic mass is 16.2. The number of hydrogen-bond acceptors (Lipinski definition) is 2. The fourth-order valence-corrected chi connectivity index (χ4v) is 2.51. The summed E-state index contributed by atoms with van der Waals surface area (Å²) in [6.07, 6.45) is 4.69. The van der Waals surface area contributed by atoms with Crippen LogP contribution in [0.4, 0.5) is 5.69 Å². The molecule has 1 aromatic carbocycles. The van der Waals surface area contributed by atoms with Gasteiger partial charge < -0.3 is 10.2 Å². The van der Waals surface area contributed by atoms with Crippen LogP contribution in [0.15, 0.2) is 36.9 Å². The average molecular weight is 258 g/mol. The Morgan fingerprint density at radius 3 is 3.11 bits per heavy atom. The molecule has 0 radical (unpaired) electrons. The summed E-state index contributed by atoms with van der Waals surface area (Å²) in [5.41, 5.74) is 2.41. The van der Waals surface area contributed by atoms with Crippen molar-refractivity contribution in [3.05, 3.63) is 42.5 Å². The van der Waals surface area contributed by atoms with Crippen LogP contribution < -0.4 is 5.32 Å². The minimum Gasteiger partial charge on any atom is -0.384 e. The van der Waals surface area contributed by atoms with Gasteiger partial charge in [-0.1, -0.05) is 24.3 Å². The topological polar surface area (TPSA) is 32.3 Å². The van der Waals surface area contributed by atoms with Gasteiger partial charge in [-0.3, -0.25) is 4.79 Å². The molecule has 0 spiro atoms. The van der Waals surface area contributed by atoms with Crippen LogP contribution in [0.2, 0.25) is 0 Å². The summed E-state index contributed by atoms with van der Waals surface area (Å²) in [6.45, 7) is 5.25. The third kappa shape index (κ3) is 3.37. The minimum atomic E-state index is 0.0589. The number of rotatable bonds is 5. The number of hydrogen-bond donors (Lipinski definition) is 1. The van der Waals surface area contributed by atoms with Crippen LogP contribution in [-0.2, 0) is 11.2 Å². The van der Waals surface area contributed by atoms with E-state index in [0.29, 0.717) is 0 Å². The van der Waals surface area contributed by atoms with Gasteiger partial charge in [0.2, 0.25) is 5.91 Å². The number of para-hydroxylation sites is 1. The summed E-state index contributed by atoms with van der Waals surface area (Å²) in [5.74, 6) is 0.301. The van der Waals surface area contributed by atoms with E-state index in [9.17, 15) is 4.79 Å². The second-order valence-corrected chi connectivity index (χ2v) is 5.13. The normalized spacial score (nSPS) is 17.2. The molecule has 3 nitrogen and oxygen atoms in total. The lowest BCUT2D eigenvalue weighted by Gasteiger charge is -2.29. The second kappa shape index (κ2) is 6.41. The predicted molar refractivity (Wildman–Crippen MR) is 79.2 cm³/mol. The van der Waals surface area contributed by atoms with Crippen molar-refractivity contribution < 1.29 is 4.79 Å². The molecule has 1 atom stereocenters. The Labute approximate surface area is 115 Å². The van der Waals surface area contributed by atoms with Crippen molar-refractivity contribution in [2.45, 2.75) is 19.3 Å². The number of nitrogens with zero attached hydrogens (tertiary/aromatic N) is 1. The van der Waals surface area contributed by atoms with Gasteiger partial charge in [0.05, 0.1) is 5.92 Å². The van der Waals surface area contributed by atoms with Crippen molar-refractivity contribution in [1.82, 2.24) is 4.90 Å². The molecule has 1 N–H and O–H groups in total. The third-order valence-electron chi connectivity index (χ3n) is 3.65. The molecule has 0 saturated carbocycles. The summed E-state index contributed by atoms with van der Waals surface area (Å²) < 4.78 is 0. The highest BCUT2D eigenvalue weighted by molar-refractivity contribution is 5.80. The van der Waals surface area contributed by atoms with E-state index in [2.05, 4.69) is 24.0 Å². The molecular weight excluding hydrogens is 236 g/mol. The zero-order valence-corrected chi connectivity index (χ0v) is 11.6. The van der Waals surface area contributed by atoms with Gasteiger partial charge in [-0.25, -0.2) is 0 Å². The molecule has 0 aromatic heterocycles. The van der Waals surface area contributed by atoms with Gasteiger partial charge in [0.25, 0.3) is 0 Å². The van der Waals surface area contributed by atoms with Crippen LogP contribution in [0.25, 0.3) is 0 Å². The minimum absolute atomic E-state index is 0.0589. The van der Waals surface area contributed by atoms with Crippen molar-refractivity contribution in [2.24, 2.45) is 5.92 Å². The number of benzene rings is 1. The Morgan fingerprint density at radius 1 is 1.53 bits per heavy atom. The maximum Gasteiger partial charge on any atom is 0.227 e. The monoisotopic (exact) mass is 258 g/mol. The van der Waals surface area contributed by atoms with E-state index in [4.69, 9.17) is 0 Å². The van der Waals surface area contributed by atoms with Crippen molar-refractivity contribution in [3.8, 4) is 0 Å². The number of nitrogens with one attached hydrogen (secondary N) is 1. The van der Waals surface area contributed by atoms with Crippen LogP contribution in [0.5, 0.6) is 0 Å². The lowest BCUT2D eigenvalue weighted by molar-refractivity contribution is -0.133. The van der Waals surface area contributed by atoms with Crippen molar-refractivity contribution in [3.63, 3.8) is 0 Å². The Kier molecular flexibility index (Phi) is 4.61. The van der Waals surface area contributed by atoms with E-state index >= 15 is 0 Å². The maximum atomic E-state index is 12.4. The molecule has 1 unspecified atom stereocenters. The molecule has 1 heterocycles. The first-order chi connectivity index (χ1) is 9.22. The largest absolute Gasteiger partial charge is 0.384 e. The van der Waals surface area contributed by atoms with Crippen LogP contribution >= 0.6 is 0 Å². The van der Waals surface area contributed by atoms with E-state index in [1.807, 2.05) is 30.2 Å². The molecule has 1 aliphatic heterocycles. The molecule has 3 heteroatoms. The third-order valence-corrected chi connectivity index (χ3v) is 3.65. The van der Waals surface area contributed by atoms with Gasteiger partial charge in [-0.15, -0.1) is 6.58 Å². The fourth-order valence-electron chi connectivity index (χ4n) is 2.51. The van der Waals surface area contributed by atoms with E-state index < -0.39 is 0 Å². The molecule has 2 rings (SSSR count). The number of fused-ring (bicyclic) bond motifs is 1. The molecule has 0 bridgehead atoms. The molecule has 1 amide bonds. The number of carbonyl (C=O) groups excluding carboxylic acids is 1. The van der Waals surface area contributed by atoms with Crippen molar-refractivity contribution >= 4 is 11.6 Å². The summed E-state index contributed by atoms with van der Waals surface area (Å²) in [5, 5.41) is 3.35. The Balaban J connectivity index is 1.93. The maximum absolute atomic E-state index is 12.4. The first-order valence-corrected chi connectivity index (χ1v) is 6.90.